The van der Waals surface area contributed by atoms with Gasteiger partial charge in [0.05, 0.1) is 0 Å². The van der Waals surface area contributed by atoms with Crippen molar-refractivity contribution in [2.75, 3.05) is 0 Å². The fourth-order valence-corrected chi connectivity index (χ4v) is 0.802. The maximum Gasteiger partial charge on any atom is 0.233 e. The van der Waals surface area contributed by atoms with Gasteiger partial charge in [-0.25, -0.2) is 0 Å². The van der Waals surface area contributed by atoms with Crippen molar-refractivity contribution in [1.82, 2.24) is 0 Å². The zero-order valence-electron chi connectivity index (χ0n) is 6.13. The highest BCUT2D eigenvalue weighted by molar-refractivity contribution is 5.95. The Kier molecular flexibility index (Phi) is 2.16. The van der Waals surface area contributed by atoms with E-state index in [0.717, 1.165) is 0 Å². The monoisotopic (exact) mass is 147 g/mol. The van der Waals surface area contributed by atoms with E-state index in [4.69, 9.17) is 0 Å². The third-order valence-electron chi connectivity index (χ3n) is 1.39. The molecule has 2 nitrogen and oxygen atoms in total. The van der Waals surface area contributed by atoms with Crippen LogP contribution in [0.5, 0.6) is 0 Å². The van der Waals surface area contributed by atoms with E-state index in [1.54, 1.807) is 24.5 Å². The summed E-state index contributed by atoms with van der Waals surface area (Å²) in [5, 5.41) is 0. The van der Waals surface area contributed by atoms with Crippen molar-refractivity contribution in [1.29, 1.82) is 0 Å². The molecule has 0 bridgehead atoms. The highest BCUT2D eigenvalue weighted by atomic mass is 16.1. The number of benzene rings is 1. The Bertz CT molecular complexity index is 289. The number of ketones is 1. The molecule has 0 N–H and O–H groups in total. The van der Waals surface area contributed by atoms with Gasteiger partial charge in [-0.15, -0.1) is 0 Å². The molecule has 1 radical (unpaired) electrons. The summed E-state index contributed by atoms with van der Waals surface area (Å²) in [4.78, 5) is 20.9. The van der Waals surface area contributed by atoms with Gasteiger partial charge in [-0.1, -0.05) is 18.2 Å². The van der Waals surface area contributed by atoms with Crippen LogP contribution in [0.25, 0.3) is 0 Å². The molecule has 0 saturated heterocycles. The normalized spacial score (nSPS) is 9.18. The lowest BCUT2D eigenvalue weighted by molar-refractivity contribution is 0.101. The van der Waals surface area contributed by atoms with E-state index in [1.807, 2.05) is 0 Å². The Morgan fingerprint density at radius 1 is 1.45 bits per heavy atom. The van der Waals surface area contributed by atoms with E-state index < -0.39 is 0 Å². The van der Waals surface area contributed by atoms with Crippen LogP contribution in [-0.4, -0.2) is 12.1 Å². The quantitative estimate of drug-likeness (QED) is 0.591. The number of carbonyl (C=O) groups is 1. The Balaban J connectivity index is 3.10. The zero-order valence-corrected chi connectivity index (χ0v) is 6.13. The third kappa shape index (κ3) is 1.74. The van der Waals surface area contributed by atoms with Crippen molar-refractivity contribution in [2.24, 2.45) is 0 Å². The minimum absolute atomic E-state index is 0.0397. The van der Waals surface area contributed by atoms with Crippen molar-refractivity contribution in [3.05, 3.63) is 35.4 Å². The van der Waals surface area contributed by atoms with Gasteiger partial charge in [-0.3, -0.25) is 9.59 Å². The minimum atomic E-state index is -0.0397. The SMILES string of the molecule is CC(=O)c1cccc([C]=O)c1. The Labute approximate surface area is 64.8 Å². The van der Waals surface area contributed by atoms with E-state index >= 15 is 0 Å². The Morgan fingerprint density at radius 2 is 2.18 bits per heavy atom. The first-order valence-corrected chi connectivity index (χ1v) is 3.23. The fourth-order valence-electron chi connectivity index (χ4n) is 0.802. The topological polar surface area (TPSA) is 34.1 Å². The molecule has 11 heavy (non-hydrogen) atoms. The van der Waals surface area contributed by atoms with Crippen LogP contribution in [0.2, 0.25) is 0 Å². The molecule has 1 aromatic carbocycles. The number of carbonyl (C=O) groups excluding carboxylic acids is 2. The first-order chi connectivity index (χ1) is 5.24. The molecular formula is C9H7O2. The number of Topliss-reactive ketones (excluding diaryl/α,β-unsaturated/α-hetero) is 1. The van der Waals surface area contributed by atoms with Gasteiger partial charge in [0.1, 0.15) is 0 Å². The second-order valence-electron chi connectivity index (χ2n) is 2.24. The lowest BCUT2D eigenvalue weighted by Gasteiger charge is -1.93. The van der Waals surface area contributed by atoms with Gasteiger partial charge in [-0.05, 0) is 13.0 Å². The summed E-state index contributed by atoms with van der Waals surface area (Å²) in [5.41, 5.74) is 0.962. The minimum Gasteiger partial charge on any atom is -0.295 e. The van der Waals surface area contributed by atoms with E-state index in [-0.39, 0.29) is 5.78 Å². The summed E-state index contributed by atoms with van der Waals surface area (Å²) in [6, 6.07) is 6.47. The predicted octanol–water partition coefficient (Wildman–Crippen LogP) is 1.35. The van der Waals surface area contributed by atoms with Gasteiger partial charge in [0.15, 0.2) is 5.78 Å². The molecule has 0 unspecified atom stereocenters. The molecule has 0 saturated carbocycles. The average molecular weight is 147 g/mol. The van der Waals surface area contributed by atoms with E-state index in [2.05, 4.69) is 0 Å². The van der Waals surface area contributed by atoms with Gasteiger partial charge >= 0.3 is 0 Å². The molecule has 0 aromatic heterocycles. The summed E-state index contributed by atoms with van der Waals surface area (Å²) in [6.07, 6.45) is 1.72. The maximum absolute atomic E-state index is 10.8. The van der Waals surface area contributed by atoms with Gasteiger partial charge in [0.2, 0.25) is 6.29 Å². The van der Waals surface area contributed by atoms with Crippen LogP contribution in [0.15, 0.2) is 24.3 Å². The molecule has 0 heterocycles. The van der Waals surface area contributed by atoms with Crippen LogP contribution in [0.3, 0.4) is 0 Å². The highest BCUT2D eigenvalue weighted by Gasteiger charge is 1.98. The second-order valence-corrected chi connectivity index (χ2v) is 2.24. The summed E-state index contributed by atoms with van der Waals surface area (Å²) in [7, 11) is 0. The van der Waals surface area contributed by atoms with E-state index in [9.17, 15) is 9.59 Å². The highest BCUT2D eigenvalue weighted by Crippen LogP contribution is 2.02. The summed E-state index contributed by atoms with van der Waals surface area (Å²) >= 11 is 0. The number of rotatable bonds is 2. The molecular weight excluding hydrogens is 140 g/mol. The average Bonchev–Trinajstić information content (AvgIpc) is 2.05. The molecule has 0 amide bonds. The van der Waals surface area contributed by atoms with E-state index in [1.165, 1.54) is 13.0 Å². The zero-order chi connectivity index (χ0) is 8.27. The van der Waals surface area contributed by atoms with Crippen molar-refractivity contribution in [2.45, 2.75) is 6.92 Å². The summed E-state index contributed by atoms with van der Waals surface area (Å²) in [5.74, 6) is -0.0397. The standard InChI is InChI=1S/C9H7O2/c1-7(11)9-4-2-3-8(5-9)6-10/h2-5H,1H3. The molecule has 55 valence electrons. The number of hydrogen-bond acceptors (Lipinski definition) is 2. The number of hydrogen-bond donors (Lipinski definition) is 0. The van der Waals surface area contributed by atoms with Crippen LogP contribution < -0.4 is 0 Å². The first-order valence-electron chi connectivity index (χ1n) is 3.23. The molecule has 0 aliphatic rings. The van der Waals surface area contributed by atoms with Crippen molar-refractivity contribution in [3.63, 3.8) is 0 Å². The molecule has 1 rings (SSSR count). The molecule has 0 fully saturated rings. The van der Waals surface area contributed by atoms with Crippen LogP contribution in [0.1, 0.15) is 22.8 Å². The fraction of sp³-hybridized carbons (Fsp3) is 0.111. The Morgan fingerprint density at radius 3 is 2.73 bits per heavy atom. The Hall–Kier alpha value is -1.44. The molecule has 0 aliphatic heterocycles. The van der Waals surface area contributed by atoms with E-state index in [0.29, 0.717) is 11.1 Å². The van der Waals surface area contributed by atoms with Gasteiger partial charge in [0, 0.05) is 11.1 Å². The lowest BCUT2D eigenvalue weighted by atomic mass is 10.1. The molecule has 0 aliphatic carbocycles. The van der Waals surface area contributed by atoms with Crippen LogP contribution >= 0.6 is 0 Å². The largest absolute Gasteiger partial charge is 0.295 e. The molecule has 1 aromatic rings. The lowest BCUT2D eigenvalue weighted by Crippen LogP contribution is -1.92. The maximum atomic E-state index is 10.8. The third-order valence-corrected chi connectivity index (χ3v) is 1.39. The van der Waals surface area contributed by atoms with Crippen molar-refractivity contribution >= 4 is 12.1 Å². The van der Waals surface area contributed by atoms with Crippen molar-refractivity contribution < 1.29 is 9.59 Å². The second kappa shape index (κ2) is 3.10. The molecule has 0 spiro atoms. The predicted molar refractivity (Wildman–Crippen MR) is 41.2 cm³/mol. The van der Waals surface area contributed by atoms with Gasteiger partial charge in [-0.2, -0.15) is 0 Å². The summed E-state index contributed by atoms with van der Waals surface area (Å²) < 4.78 is 0. The first kappa shape index (κ1) is 7.66. The van der Waals surface area contributed by atoms with Crippen LogP contribution in [-0.2, 0) is 4.79 Å². The van der Waals surface area contributed by atoms with Crippen molar-refractivity contribution in [3.8, 4) is 0 Å². The molecule has 0 atom stereocenters. The summed E-state index contributed by atoms with van der Waals surface area (Å²) in [6.45, 7) is 1.46. The van der Waals surface area contributed by atoms with Crippen LogP contribution in [0.4, 0.5) is 0 Å². The smallest absolute Gasteiger partial charge is 0.233 e. The molecule has 2 heteroatoms. The van der Waals surface area contributed by atoms with Gasteiger partial charge in [0.25, 0.3) is 0 Å². The van der Waals surface area contributed by atoms with Gasteiger partial charge < -0.3 is 0 Å². The van der Waals surface area contributed by atoms with Crippen LogP contribution in [0, 0.1) is 0 Å².